The fraction of sp³-hybridized carbons (Fsp3) is 0.357. The molecule has 1 aromatic carbocycles. The minimum atomic E-state index is 0.463. The Balaban J connectivity index is 1.92. The van der Waals surface area contributed by atoms with Gasteiger partial charge in [0.15, 0.2) is 16.6 Å². The maximum Gasteiger partial charge on any atom is 0.197 e. The molecule has 5 heteroatoms. The molecule has 0 radical (unpaired) electrons. The molecule has 2 aromatic rings. The third-order valence-corrected chi connectivity index (χ3v) is 3.54. The van der Waals surface area contributed by atoms with Gasteiger partial charge in [0.25, 0.3) is 0 Å². The molecular formula is C14H19N3OS. The van der Waals surface area contributed by atoms with Gasteiger partial charge in [0.2, 0.25) is 0 Å². The van der Waals surface area contributed by atoms with E-state index in [0.717, 1.165) is 18.0 Å². The van der Waals surface area contributed by atoms with E-state index in [0.29, 0.717) is 18.2 Å². The molecule has 0 amide bonds. The standard InChI is InChI=1S/C14H19N3OS/c1-3-18-12-13(15)17-19-14(12)16-8-7-11-6-4-5-10(2)9-11/h4-6,9,16H,3,7-8H2,1-2H3,(H2,15,17). The van der Waals surface area contributed by atoms with Crippen LogP contribution in [0.4, 0.5) is 10.8 Å². The van der Waals surface area contributed by atoms with E-state index in [-0.39, 0.29) is 0 Å². The second-order valence-corrected chi connectivity index (χ2v) is 5.10. The quantitative estimate of drug-likeness (QED) is 0.852. The Bertz CT molecular complexity index is 539. The molecule has 0 unspecified atom stereocenters. The Morgan fingerprint density at radius 2 is 2.26 bits per heavy atom. The van der Waals surface area contributed by atoms with E-state index >= 15 is 0 Å². The van der Waals surface area contributed by atoms with E-state index in [4.69, 9.17) is 10.5 Å². The predicted octanol–water partition coefficient (Wildman–Crippen LogP) is 3.09. The number of rotatable bonds is 6. The van der Waals surface area contributed by atoms with E-state index in [1.165, 1.54) is 22.7 Å². The second-order valence-electron chi connectivity index (χ2n) is 4.32. The van der Waals surface area contributed by atoms with Crippen molar-refractivity contribution in [1.82, 2.24) is 4.37 Å². The minimum absolute atomic E-state index is 0.463. The molecule has 2 rings (SSSR count). The third-order valence-electron chi connectivity index (χ3n) is 2.74. The molecule has 0 spiro atoms. The largest absolute Gasteiger partial charge is 0.487 e. The van der Waals surface area contributed by atoms with Crippen LogP contribution in [0, 0.1) is 6.92 Å². The van der Waals surface area contributed by atoms with E-state index in [1.54, 1.807) is 0 Å². The van der Waals surface area contributed by atoms with Crippen molar-refractivity contribution in [2.24, 2.45) is 0 Å². The molecule has 0 saturated heterocycles. The maximum absolute atomic E-state index is 5.76. The van der Waals surface area contributed by atoms with Gasteiger partial charge in [0.05, 0.1) is 6.61 Å². The zero-order valence-corrected chi connectivity index (χ0v) is 12.1. The Morgan fingerprint density at radius 3 is 3.00 bits per heavy atom. The van der Waals surface area contributed by atoms with Crippen molar-refractivity contribution in [3.63, 3.8) is 0 Å². The number of hydrogen-bond donors (Lipinski definition) is 2. The predicted molar refractivity (Wildman–Crippen MR) is 81.1 cm³/mol. The summed E-state index contributed by atoms with van der Waals surface area (Å²) in [6.45, 7) is 5.47. The van der Waals surface area contributed by atoms with Crippen molar-refractivity contribution in [2.45, 2.75) is 20.3 Å². The van der Waals surface area contributed by atoms with Gasteiger partial charge in [-0.2, -0.15) is 4.37 Å². The summed E-state index contributed by atoms with van der Waals surface area (Å²) >= 11 is 1.34. The zero-order valence-electron chi connectivity index (χ0n) is 11.3. The summed E-state index contributed by atoms with van der Waals surface area (Å²) in [5, 5.41) is 4.25. The summed E-state index contributed by atoms with van der Waals surface area (Å²) in [7, 11) is 0. The van der Waals surface area contributed by atoms with Crippen LogP contribution in [0.1, 0.15) is 18.1 Å². The first-order chi connectivity index (χ1) is 9.20. The first kappa shape index (κ1) is 13.7. The molecule has 0 fully saturated rings. The van der Waals surface area contributed by atoms with Crippen LogP contribution in [0.2, 0.25) is 0 Å². The lowest BCUT2D eigenvalue weighted by atomic mass is 10.1. The maximum atomic E-state index is 5.76. The van der Waals surface area contributed by atoms with Crippen molar-refractivity contribution >= 4 is 22.4 Å². The average molecular weight is 277 g/mol. The molecule has 3 N–H and O–H groups in total. The molecule has 1 aromatic heterocycles. The molecule has 0 aliphatic heterocycles. The number of aromatic nitrogens is 1. The second kappa shape index (κ2) is 6.43. The number of aryl methyl sites for hydroxylation is 1. The highest BCUT2D eigenvalue weighted by molar-refractivity contribution is 7.11. The van der Waals surface area contributed by atoms with Crippen molar-refractivity contribution in [3.05, 3.63) is 35.4 Å². The Morgan fingerprint density at radius 1 is 1.42 bits per heavy atom. The van der Waals surface area contributed by atoms with Gasteiger partial charge in [0.1, 0.15) is 0 Å². The molecule has 0 bridgehead atoms. The Hall–Kier alpha value is -1.75. The molecule has 0 aliphatic carbocycles. The molecule has 0 aliphatic rings. The third kappa shape index (κ3) is 3.61. The minimum Gasteiger partial charge on any atom is -0.487 e. The van der Waals surface area contributed by atoms with Crippen molar-refractivity contribution in [2.75, 3.05) is 24.2 Å². The highest BCUT2D eigenvalue weighted by Crippen LogP contribution is 2.34. The molecule has 1 heterocycles. The van der Waals surface area contributed by atoms with Gasteiger partial charge < -0.3 is 15.8 Å². The Labute approximate surface area is 117 Å². The van der Waals surface area contributed by atoms with Crippen LogP contribution in [-0.2, 0) is 6.42 Å². The zero-order chi connectivity index (χ0) is 13.7. The van der Waals surface area contributed by atoms with Crippen molar-refractivity contribution in [3.8, 4) is 5.75 Å². The fourth-order valence-corrected chi connectivity index (χ4v) is 2.56. The molecule has 4 nitrogen and oxygen atoms in total. The fourth-order valence-electron chi connectivity index (χ4n) is 1.88. The highest BCUT2D eigenvalue weighted by Gasteiger charge is 2.11. The summed E-state index contributed by atoms with van der Waals surface area (Å²) in [4.78, 5) is 0. The van der Waals surface area contributed by atoms with E-state index in [2.05, 4.69) is 40.9 Å². The van der Waals surface area contributed by atoms with Crippen molar-refractivity contribution in [1.29, 1.82) is 0 Å². The lowest BCUT2D eigenvalue weighted by Gasteiger charge is -2.08. The van der Waals surface area contributed by atoms with Crippen LogP contribution in [0.3, 0.4) is 0 Å². The summed E-state index contributed by atoms with van der Waals surface area (Å²) in [5.41, 5.74) is 8.37. The number of nitrogens with zero attached hydrogens (tertiary/aromatic N) is 1. The first-order valence-corrected chi connectivity index (χ1v) is 7.15. The monoisotopic (exact) mass is 277 g/mol. The molecule has 0 atom stereocenters. The van der Waals surface area contributed by atoms with Gasteiger partial charge in [-0.25, -0.2) is 0 Å². The summed E-state index contributed by atoms with van der Waals surface area (Å²) in [6.07, 6.45) is 0.963. The van der Waals surface area contributed by atoms with Crippen LogP contribution in [0.25, 0.3) is 0 Å². The average Bonchev–Trinajstić information content (AvgIpc) is 2.72. The van der Waals surface area contributed by atoms with Gasteiger partial charge in [-0.15, -0.1) is 0 Å². The van der Waals surface area contributed by atoms with E-state index in [1.807, 2.05) is 6.92 Å². The summed E-state index contributed by atoms with van der Waals surface area (Å²) < 4.78 is 9.60. The van der Waals surface area contributed by atoms with Crippen LogP contribution >= 0.6 is 11.5 Å². The lowest BCUT2D eigenvalue weighted by Crippen LogP contribution is -2.05. The number of ether oxygens (including phenoxy) is 1. The first-order valence-electron chi connectivity index (χ1n) is 6.38. The van der Waals surface area contributed by atoms with Gasteiger partial charge in [-0.3, -0.25) is 0 Å². The molecule has 19 heavy (non-hydrogen) atoms. The van der Waals surface area contributed by atoms with Gasteiger partial charge >= 0.3 is 0 Å². The van der Waals surface area contributed by atoms with E-state index in [9.17, 15) is 0 Å². The number of nitrogens with one attached hydrogen (secondary N) is 1. The van der Waals surface area contributed by atoms with Crippen LogP contribution < -0.4 is 15.8 Å². The van der Waals surface area contributed by atoms with Crippen LogP contribution in [-0.4, -0.2) is 17.5 Å². The number of benzene rings is 1. The number of nitrogen functional groups attached to an aromatic ring is 1. The van der Waals surface area contributed by atoms with Crippen LogP contribution in [0.15, 0.2) is 24.3 Å². The molecular weight excluding hydrogens is 258 g/mol. The smallest absolute Gasteiger partial charge is 0.197 e. The molecule has 0 saturated carbocycles. The SMILES string of the molecule is CCOc1c(N)nsc1NCCc1cccc(C)c1. The summed E-state index contributed by atoms with van der Waals surface area (Å²) in [5.74, 6) is 1.14. The Kier molecular flexibility index (Phi) is 4.63. The van der Waals surface area contributed by atoms with Gasteiger partial charge in [0, 0.05) is 6.54 Å². The van der Waals surface area contributed by atoms with Gasteiger partial charge in [-0.1, -0.05) is 29.8 Å². The lowest BCUT2D eigenvalue weighted by molar-refractivity contribution is 0.344. The summed E-state index contributed by atoms with van der Waals surface area (Å²) in [6, 6.07) is 8.53. The van der Waals surface area contributed by atoms with Crippen LogP contribution in [0.5, 0.6) is 5.75 Å². The normalized spacial score (nSPS) is 10.4. The van der Waals surface area contributed by atoms with Crippen molar-refractivity contribution < 1.29 is 4.74 Å². The van der Waals surface area contributed by atoms with E-state index < -0.39 is 0 Å². The topological polar surface area (TPSA) is 60.2 Å². The number of anilines is 2. The number of nitrogens with two attached hydrogens (primary N) is 1. The molecule has 102 valence electrons. The van der Waals surface area contributed by atoms with Gasteiger partial charge in [-0.05, 0) is 37.4 Å². The number of hydrogen-bond acceptors (Lipinski definition) is 5. The highest BCUT2D eigenvalue weighted by atomic mass is 32.1.